The van der Waals surface area contributed by atoms with Crippen LogP contribution in [0.2, 0.25) is 0 Å². The molecule has 0 spiro atoms. The van der Waals surface area contributed by atoms with Crippen LogP contribution in [0.25, 0.3) is 0 Å². The number of hydrogen-bond acceptors (Lipinski definition) is 2. The number of alkyl halides is 3. The Labute approximate surface area is 127 Å². The van der Waals surface area contributed by atoms with Crippen molar-refractivity contribution in [3.63, 3.8) is 0 Å². The number of carbonyl (C=O) groups is 1. The molecule has 1 atom stereocenters. The Hall–Kier alpha value is -1.72. The Balaban J connectivity index is 2.52. The van der Waals surface area contributed by atoms with Gasteiger partial charge in [-0.1, -0.05) is 6.07 Å². The van der Waals surface area contributed by atoms with Crippen LogP contribution in [0.4, 0.5) is 18.9 Å². The standard InChI is InChI=1S/C16H20F3NO2/c1-9(2)20-12-8-11(16(17,18)19)6-5-10(12)7-13(20)15(3,4)14(21)22/h5-6,8-9,13H,7H2,1-4H3,(H,21,22). The lowest BCUT2D eigenvalue weighted by Crippen LogP contribution is -2.50. The van der Waals surface area contributed by atoms with Gasteiger partial charge in [0.2, 0.25) is 0 Å². The molecule has 0 fully saturated rings. The number of anilines is 1. The first kappa shape index (κ1) is 16.6. The van der Waals surface area contributed by atoms with Crippen LogP contribution in [0.1, 0.15) is 38.8 Å². The average Bonchev–Trinajstić information content (AvgIpc) is 2.76. The molecule has 1 aromatic carbocycles. The van der Waals surface area contributed by atoms with E-state index in [1.807, 2.05) is 13.8 Å². The topological polar surface area (TPSA) is 40.5 Å². The van der Waals surface area contributed by atoms with Crippen molar-refractivity contribution in [1.82, 2.24) is 0 Å². The van der Waals surface area contributed by atoms with Gasteiger partial charge in [-0.2, -0.15) is 13.2 Å². The molecule has 6 heteroatoms. The summed E-state index contributed by atoms with van der Waals surface area (Å²) in [4.78, 5) is 13.4. The second-order valence-corrected chi connectivity index (χ2v) is 6.59. The summed E-state index contributed by atoms with van der Waals surface area (Å²) in [7, 11) is 0. The highest BCUT2D eigenvalue weighted by Gasteiger charge is 2.46. The molecule has 1 heterocycles. The third-order valence-electron chi connectivity index (χ3n) is 4.38. The van der Waals surface area contributed by atoms with Gasteiger partial charge in [0.25, 0.3) is 0 Å². The fourth-order valence-corrected chi connectivity index (χ4v) is 3.01. The molecule has 3 nitrogen and oxygen atoms in total. The van der Waals surface area contributed by atoms with E-state index in [1.165, 1.54) is 6.07 Å². The third-order valence-corrected chi connectivity index (χ3v) is 4.38. The molecule has 1 aliphatic heterocycles. The molecule has 22 heavy (non-hydrogen) atoms. The maximum Gasteiger partial charge on any atom is 0.416 e. The lowest BCUT2D eigenvalue weighted by molar-refractivity contribution is -0.148. The Morgan fingerprint density at radius 1 is 1.32 bits per heavy atom. The highest BCUT2D eigenvalue weighted by atomic mass is 19.4. The minimum atomic E-state index is -4.40. The van der Waals surface area contributed by atoms with Crippen LogP contribution in [-0.4, -0.2) is 23.2 Å². The van der Waals surface area contributed by atoms with E-state index in [0.29, 0.717) is 12.1 Å². The molecule has 0 aromatic heterocycles. The van der Waals surface area contributed by atoms with Crippen molar-refractivity contribution in [2.75, 3.05) is 4.90 Å². The number of carboxylic acid groups (broad SMARTS) is 1. The van der Waals surface area contributed by atoms with Gasteiger partial charge in [0, 0.05) is 17.8 Å². The predicted octanol–water partition coefficient (Wildman–Crippen LogP) is 3.96. The molecule has 1 aliphatic rings. The van der Waals surface area contributed by atoms with Gasteiger partial charge in [-0.05, 0) is 51.8 Å². The number of rotatable bonds is 3. The van der Waals surface area contributed by atoms with Crippen LogP contribution in [0.15, 0.2) is 18.2 Å². The number of hydrogen-bond donors (Lipinski definition) is 1. The number of benzene rings is 1. The van der Waals surface area contributed by atoms with Crippen LogP contribution in [0.3, 0.4) is 0 Å². The lowest BCUT2D eigenvalue weighted by atomic mass is 9.82. The van der Waals surface area contributed by atoms with E-state index in [4.69, 9.17) is 0 Å². The molecule has 0 radical (unpaired) electrons. The van der Waals surface area contributed by atoms with E-state index in [9.17, 15) is 23.1 Å². The fourth-order valence-electron chi connectivity index (χ4n) is 3.01. The molecule has 122 valence electrons. The molecule has 0 aliphatic carbocycles. The normalized spacial score (nSPS) is 18.7. The van der Waals surface area contributed by atoms with Gasteiger partial charge in [-0.15, -0.1) is 0 Å². The molecule has 2 rings (SSSR count). The summed E-state index contributed by atoms with van der Waals surface area (Å²) in [5, 5.41) is 9.46. The third kappa shape index (κ3) is 2.66. The van der Waals surface area contributed by atoms with Gasteiger partial charge in [-0.3, -0.25) is 4.79 Å². The molecular weight excluding hydrogens is 295 g/mol. The molecular formula is C16H20F3NO2. The van der Waals surface area contributed by atoms with Gasteiger partial charge in [0.15, 0.2) is 0 Å². The van der Waals surface area contributed by atoms with Crippen LogP contribution in [0, 0.1) is 5.41 Å². The highest BCUT2D eigenvalue weighted by molar-refractivity contribution is 5.77. The first-order chi connectivity index (χ1) is 9.96. The van der Waals surface area contributed by atoms with Crippen LogP contribution in [-0.2, 0) is 17.4 Å². The fraction of sp³-hybridized carbons (Fsp3) is 0.562. The Morgan fingerprint density at radius 2 is 1.91 bits per heavy atom. The number of aliphatic carboxylic acids is 1. The summed E-state index contributed by atoms with van der Waals surface area (Å²) in [6.07, 6.45) is -3.97. The van der Waals surface area contributed by atoms with Crippen molar-refractivity contribution in [3.8, 4) is 0 Å². The number of fused-ring (bicyclic) bond motifs is 1. The SMILES string of the molecule is CC(C)N1c2cc(C(F)(F)F)ccc2CC1C(C)(C)C(=O)O. The summed E-state index contributed by atoms with van der Waals surface area (Å²) < 4.78 is 38.8. The quantitative estimate of drug-likeness (QED) is 0.918. The zero-order valence-corrected chi connectivity index (χ0v) is 13.0. The van der Waals surface area contributed by atoms with Crippen LogP contribution in [0.5, 0.6) is 0 Å². The summed E-state index contributed by atoms with van der Waals surface area (Å²) in [6, 6.07) is 3.20. The second kappa shape index (κ2) is 5.18. The van der Waals surface area contributed by atoms with Crippen LogP contribution >= 0.6 is 0 Å². The molecule has 0 saturated heterocycles. The van der Waals surface area contributed by atoms with E-state index in [-0.39, 0.29) is 12.1 Å². The Bertz CT molecular complexity index is 594. The number of carboxylic acids is 1. The van der Waals surface area contributed by atoms with E-state index in [1.54, 1.807) is 18.7 Å². The summed E-state index contributed by atoms with van der Waals surface area (Å²) in [5.41, 5.74) is -0.502. The smallest absolute Gasteiger partial charge is 0.416 e. The monoisotopic (exact) mass is 315 g/mol. The maximum absolute atomic E-state index is 12.9. The minimum absolute atomic E-state index is 0.0895. The Morgan fingerprint density at radius 3 is 2.36 bits per heavy atom. The van der Waals surface area contributed by atoms with Crippen molar-refractivity contribution in [1.29, 1.82) is 0 Å². The minimum Gasteiger partial charge on any atom is -0.481 e. The van der Waals surface area contributed by atoms with Crippen molar-refractivity contribution in [2.24, 2.45) is 5.41 Å². The lowest BCUT2D eigenvalue weighted by Gasteiger charge is -2.39. The van der Waals surface area contributed by atoms with Gasteiger partial charge < -0.3 is 10.0 Å². The van der Waals surface area contributed by atoms with Gasteiger partial charge in [0.1, 0.15) is 0 Å². The number of halogens is 3. The van der Waals surface area contributed by atoms with Crippen LogP contribution < -0.4 is 4.90 Å². The largest absolute Gasteiger partial charge is 0.481 e. The van der Waals surface area contributed by atoms with Gasteiger partial charge >= 0.3 is 12.1 Å². The van der Waals surface area contributed by atoms with E-state index >= 15 is 0 Å². The molecule has 0 bridgehead atoms. The van der Waals surface area contributed by atoms with Gasteiger partial charge in [0.05, 0.1) is 11.0 Å². The van der Waals surface area contributed by atoms with E-state index < -0.39 is 23.1 Å². The molecule has 1 N–H and O–H groups in total. The van der Waals surface area contributed by atoms with E-state index in [2.05, 4.69) is 0 Å². The molecule has 1 unspecified atom stereocenters. The zero-order valence-electron chi connectivity index (χ0n) is 13.0. The summed E-state index contributed by atoms with van der Waals surface area (Å²) >= 11 is 0. The molecule has 0 amide bonds. The van der Waals surface area contributed by atoms with Crippen molar-refractivity contribution >= 4 is 11.7 Å². The average molecular weight is 315 g/mol. The summed E-state index contributed by atoms with van der Waals surface area (Å²) in [5.74, 6) is -0.952. The molecule has 1 aromatic rings. The summed E-state index contributed by atoms with van der Waals surface area (Å²) in [6.45, 7) is 6.96. The van der Waals surface area contributed by atoms with Crippen molar-refractivity contribution in [3.05, 3.63) is 29.3 Å². The first-order valence-electron chi connectivity index (χ1n) is 7.18. The molecule has 0 saturated carbocycles. The zero-order chi connectivity index (χ0) is 16.9. The van der Waals surface area contributed by atoms with Crippen molar-refractivity contribution in [2.45, 2.75) is 52.4 Å². The highest BCUT2D eigenvalue weighted by Crippen LogP contribution is 2.43. The maximum atomic E-state index is 12.9. The predicted molar refractivity (Wildman–Crippen MR) is 78.0 cm³/mol. The Kier molecular flexibility index (Phi) is 3.92. The number of nitrogens with zero attached hydrogens (tertiary/aromatic N) is 1. The van der Waals surface area contributed by atoms with Gasteiger partial charge in [-0.25, -0.2) is 0 Å². The second-order valence-electron chi connectivity index (χ2n) is 6.59. The first-order valence-corrected chi connectivity index (χ1v) is 7.18. The van der Waals surface area contributed by atoms with Crippen molar-refractivity contribution < 1.29 is 23.1 Å². The van der Waals surface area contributed by atoms with E-state index in [0.717, 1.165) is 17.7 Å².